The highest BCUT2D eigenvalue weighted by Gasteiger charge is 2.26. The van der Waals surface area contributed by atoms with Crippen molar-refractivity contribution in [2.24, 2.45) is 5.92 Å². The van der Waals surface area contributed by atoms with E-state index < -0.39 is 0 Å². The molecule has 0 aliphatic carbocycles. The van der Waals surface area contributed by atoms with Crippen molar-refractivity contribution in [1.29, 1.82) is 0 Å². The summed E-state index contributed by atoms with van der Waals surface area (Å²) in [6.07, 6.45) is 2.51. The van der Waals surface area contributed by atoms with Gasteiger partial charge in [0.1, 0.15) is 0 Å². The summed E-state index contributed by atoms with van der Waals surface area (Å²) >= 11 is 0. The maximum atomic E-state index is 14.2. The second-order valence-electron chi connectivity index (χ2n) is 4.98. The number of fused-ring (bicyclic) bond motifs is 1. The molecule has 2 heterocycles. The number of aromatic nitrogens is 1. The number of nitrogens with zero attached hydrogens (tertiary/aromatic N) is 2. The Morgan fingerprint density at radius 1 is 1.53 bits per heavy atom. The van der Waals surface area contributed by atoms with Gasteiger partial charge in [0.05, 0.1) is 11.2 Å². The molecule has 1 aliphatic rings. The van der Waals surface area contributed by atoms with Crippen LogP contribution in [0.2, 0.25) is 0 Å². The minimum Gasteiger partial charge on any atom is -0.398 e. The normalized spacial score (nSPS) is 19.3. The molecule has 0 spiro atoms. The van der Waals surface area contributed by atoms with Gasteiger partial charge < -0.3 is 15.7 Å². The number of anilines is 2. The van der Waals surface area contributed by atoms with Crippen molar-refractivity contribution in [2.45, 2.75) is 6.42 Å². The Bertz CT molecular complexity index is 617. The van der Waals surface area contributed by atoms with E-state index in [-0.39, 0.29) is 18.3 Å². The second kappa shape index (κ2) is 4.66. The maximum absolute atomic E-state index is 14.2. The van der Waals surface area contributed by atoms with Crippen molar-refractivity contribution in [3.8, 4) is 0 Å². The largest absolute Gasteiger partial charge is 0.398 e. The molecule has 1 aromatic heterocycles. The van der Waals surface area contributed by atoms with Crippen LogP contribution in [0.4, 0.5) is 15.8 Å². The summed E-state index contributed by atoms with van der Waals surface area (Å²) in [7, 11) is 0. The van der Waals surface area contributed by atoms with Crippen LogP contribution in [0.3, 0.4) is 0 Å². The summed E-state index contributed by atoms with van der Waals surface area (Å²) < 4.78 is 14.2. The van der Waals surface area contributed by atoms with Crippen LogP contribution in [0, 0.1) is 11.7 Å². The van der Waals surface area contributed by atoms with Crippen molar-refractivity contribution in [2.75, 3.05) is 30.3 Å². The van der Waals surface area contributed by atoms with Crippen molar-refractivity contribution >= 4 is 22.3 Å². The monoisotopic (exact) mass is 261 g/mol. The first-order valence-corrected chi connectivity index (χ1v) is 6.39. The molecule has 1 fully saturated rings. The molecule has 3 rings (SSSR count). The van der Waals surface area contributed by atoms with Crippen LogP contribution in [0.15, 0.2) is 24.4 Å². The van der Waals surface area contributed by atoms with E-state index in [1.54, 1.807) is 12.3 Å². The quantitative estimate of drug-likeness (QED) is 0.809. The molecule has 1 unspecified atom stereocenters. The Hall–Kier alpha value is -1.88. The van der Waals surface area contributed by atoms with E-state index in [9.17, 15) is 9.50 Å². The highest BCUT2D eigenvalue weighted by Crippen LogP contribution is 2.35. The van der Waals surface area contributed by atoms with Crippen molar-refractivity contribution < 1.29 is 9.50 Å². The SMILES string of the molecule is Nc1cc(F)c(N2CCC(CO)C2)c2ncccc12. The van der Waals surface area contributed by atoms with E-state index in [0.717, 1.165) is 18.4 Å². The van der Waals surface area contributed by atoms with E-state index in [4.69, 9.17) is 5.73 Å². The van der Waals surface area contributed by atoms with E-state index >= 15 is 0 Å². The van der Waals surface area contributed by atoms with Gasteiger partial charge in [-0.25, -0.2) is 4.39 Å². The first-order valence-electron chi connectivity index (χ1n) is 6.39. The van der Waals surface area contributed by atoms with E-state index in [1.165, 1.54) is 6.07 Å². The van der Waals surface area contributed by atoms with Gasteiger partial charge >= 0.3 is 0 Å². The van der Waals surface area contributed by atoms with Crippen LogP contribution in [0.5, 0.6) is 0 Å². The Labute approximate surface area is 110 Å². The average Bonchev–Trinajstić information content (AvgIpc) is 2.87. The summed E-state index contributed by atoms with van der Waals surface area (Å²) in [5.74, 6) is -0.141. The van der Waals surface area contributed by atoms with Crippen LogP contribution in [0.1, 0.15) is 6.42 Å². The first kappa shape index (κ1) is 12.2. The molecule has 0 radical (unpaired) electrons. The molecule has 1 saturated heterocycles. The molecule has 1 aliphatic heterocycles. The highest BCUT2D eigenvalue weighted by molar-refractivity contribution is 5.99. The van der Waals surface area contributed by atoms with Crippen molar-refractivity contribution in [3.05, 3.63) is 30.2 Å². The number of halogens is 1. The van der Waals surface area contributed by atoms with Gasteiger partial charge in [-0.2, -0.15) is 0 Å². The summed E-state index contributed by atoms with van der Waals surface area (Å²) in [4.78, 5) is 6.22. The Balaban J connectivity index is 2.13. The van der Waals surface area contributed by atoms with Crippen LogP contribution in [-0.2, 0) is 0 Å². The van der Waals surface area contributed by atoms with Crippen LogP contribution in [0.25, 0.3) is 10.9 Å². The molecule has 0 bridgehead atoms. The lowest BCUT2D eigenvalue weighted by atomic mass is 10.1. The van der Waals surface area contributed by atoms with Gasteiger partial charge in [0, 0.05) is 42.9 Å². The number of pyridine rings is 1. The van der Waals surface area contributed by atoms with Gasteiger partial charge in [-0.1, -0.05) is 0 Å². The summed E-state index contributed by atoms with van der Waals surface area (Å²) in [6.45, 7) is 1.53. The fraction of sp³-hybridized carbons (Fsp3) is 0.357. The van der Waals surface area contributed by atoms with Crippen LogP contribution < -0.4 is 10.6 Å². The fourth-order valence-corrected chi connectivity index (χ4v) is 2.71. The van der Waals surface area contributed by atoms with E-state index in [1.807, 2.05) is 11.0 Å². The minimum atomic E-state index is -0.345. The number of nitrogens with two attached hydrogens (primary N) is 1. The van der Waals surface area contributed by atoms with Gasteiger partial charge in [0.15, 0.2) is 5.82 Å². The Morgan fingerprint density at radius 3 is 3.11 bits per heavy atom. The summed E-state index contributed by atoms with van der Waals surface area (Å²) in [5, 5.41) is 9.97. The second-order valence-corrected chi connectivity index (χ2v) is 4.98. The molecule has 5 heteroatoms. The van der Waals surface area contributed by atoms with Gasteiger partial charge in [0.25, 0.3) is 0 Å². The number of rotatable bonds is 2. The maximum Gasteiger partial charge on any atom is 0.150 e. The zero-order chi connectivity index (χ0) is 13.4. The van der Waals surface area contributed by atoms with Gasteiger partial charge in [0.2, 0.25) is 0 Å². The first-order chi connectivity index (χ1) is 9.20. The van der Waals surface area contributed by atoms with Crippen LogP contribution >= 0.6 is 0 Å². The summed E-state index contributed by atoms with van der Waals surface area (Å²) in [5.41, 5.74) is 7.34. The molecule has 1 atom stereocenters. The summed E-state index contributed by atoms with van der Waals surface area (Å²) in [6, 6.07) is 4.99. The lowest BCUT2D eigenvalue weighted by molar-refractivity contribution is 0.238. The highest BCUT2D eigenvalue weighted by atomic mass is 19.1. The predicted molar refractivity (Wildman–Crippen MR) is 73.5 cm³/mol. The lowest BCUT2D eigenvalue weighted by Gasteiger charge is -2.21. The Kier molecular flexibility index (Phi) is 2.98. The van der Waals surface area contributed by atoms with Crippen molar-refractivity contribution in [3.63, 3.8) is 0 Å². The molecule has 0 saturated carbocycles. The van der Waals surface area contributed by atoms with Gasteiger partial charge in [-0.05, 0) is 24.6 Å². The third-order valence-corrected chi connectivity index (χ3v) is 3.71. The number of aliphatic hydroxyl groups is 1. The lowest BCUT2D eigenvalue weighted by Crippen LogP contribution is -2.22. The molecule has 19 heavy (non-hydrogen) atoms. The number of aliphatic hydroxyl groups excluding tert-OH is 1. The topological polar surface area (TPSA) is 62.4 Å². The van der Waals surface area contributed by atoms with E-state index in [2.05, 4.69) is 4.98 Å². The molecule has 0 amide bonds. The third kappa shape index (κ3) is 2.00. The number of benzene rings is 1. The molecule has 4 nitrogen and oxygen atoms in total. The van der Waals surface area contributed by atoms with Crippen LogP contribution in [-0.4, -0.2) is 29.8 Å². The average molecular weight is 261 g/mol. The van der Waals surface area contributed by atoms with E-state index in [0.29, 0.717) is 23.4 Å². The molecular weight excluding hydrogens is 245 g/mol. The standard InChI is InChI=1S/C14H16FN3O/c15-11-6-12(16)10-2-1-4-17-13(10)14(11)18-5-3-9(7-18)8-19/h1-2,4,6,9,19H,3,5,7-8,16H2. The fourth-order valence-electron chi connectivity index (χ4n) is 2.71. The zero-order valence-corrected chi connectivity index (χ0v) is 10.5. The molecular formula is C14H16FN3O. The molecule has 100 valence electrons. The molecule has 3 N–H and O–H groups in total. The smallest absolute Gasteiger partial charge is 0.150 e. The van der Waals surface area contributed by atoms with Crippen molar-refractivity contribution in [1.82, 2.24) is 4.98 Å². The van der Waals surface area contributed by atoms with Gasteiger partial charge in [-0.15, -0.1) is 0 Å². The molecule has 1 aromatic carbocycles. The van der Waals surface area contributed by atoms with Gasteiger partial charge in [-0.3, -0.25) is 4.98 Å². The number of hydrogen-bond acceptors (Lipinski definition) is 4. The molecule has 2 aromatic rings. The Morgan fingerprint density at radius 2 is 2.37 bits per heavy atom. The third-order valence-electron chi connectivity index (χ3n) is 3.71. The predicted octanol–water partition coefficient (Wildman–Crippen LogP) is 1.77. The zero-order valence-electron chi connectivity index (χ0n) is 10.5. The minimum absolute atomic E-state index is 0.137. The number of hydrogen-bond donors (Lipinski definition) is 2. The number of nitrogen functional groups attached to an aromatic ring is 1.